The van der Waals surface area contributed by atoms with Crippen LogP contribution in [0.1, 0.15) is 55.9 Å². The van der Waals surface area contributed by atoms with E-state index in [9.17, 15) is 4.79 Å². The first-order valence-corrected chi connectivity index (χ1v) is 11.2. The van der Waals surface area contributed by atoms with E-state index in [0.29, 0.717) is 28.7 Å². The Labute approximate surface area is 186 Å². The maximum atomic E-state index is 13.0. The van der Waals surface area contributed by atoms with Crippen molar-refractivity contribution in [1.29, 1.82) is 0 Å². The van der Waals surface area contributed by atoms with Crippen molar-refractivity contribution in [1.82, 2.24) is 24.4 Å². The minimum Gasteiger partial charge on any atom is -0.494 e. The molecule has 0 spiro atoms. The van der Waals surface area contributed by atoms with Gasteiger partial charge >= 0.3 is 0 Å². The SMILES string of the molecule is COc1cc2nn([C@H]3CC[C@H](C(C)C)CC3)cc2cc1NC(=O)c1cnn2cccnc12. The Bertz CT molecular complexity index is 1270. The number of rotatable bonds is 5. The number of benzene rings is 1. The lowest BCUT2D eigenvalue weighted by molar-refractivity contribution is 0.102. The van der Waals surface area contributed by atoms with Crippen molar-refractivity contribution >= 4 is 28.1 Å². The van der Waals surface area contributed by atoms with E-state index in [1.165, 1.54) is 19.0 Å². The van der Waals surface area contributed by atoms with Crippen LogP contribution in [0, 0.1) is 11.8 Å². The van der Waals surface area contributed by atoms with Crippen molar-refractivity contribution < 1.29 is 9.53 Å². The quantitative estimate of drug-likeness (QED) is 0.493. The van der Waals surface area contributed by atoms with E-state index < -0.39 is 0 Å². The molecule has 3 heterocycles. The fourth-order valence-electron chi connectivity index (χ4n) is 4.74. The van der Waals surface area contributed by atoms with E-state index in [1.807, 2.05) is 12.1 Å². The summed E-state index contributed by atoms with van der Waals surface area (Å²) in [5.41, 5.74) is 2.38. The number of nitrogens with one attached hydrogen (secondary N) is 1. The van der Waals surface area contributed by atoms with Gasteiger partial charge in [-0.1, -0.05) is 13.8 Å². The maximum Gasteiger partial charge on any atom is 0.261 e. The van der Waals surface area contributed by atoms with Crippen LogP contribution in [0.25, 0.3) is 16.6 Å². The Morgan fingerprint density at radius 2 is 2.03 bits per heavy atom. The Hall–Kier alpha value is -3.42. The highest BCUT2D eigenvalue weighted by atomic mass is 16.5. The number of hydrogen-bond donors (Lipinski definition) is 1. The van der Waals surface area contributed by atoms with Crippen molar-refractivity contribution in [2.45, 2.75) is 45.6 Å². The summed E-state index contributed by atoms with van der Waals surface area (Å²) in [6.45, 7) is 4.64. The zero-order valence-electron chi connectivity index (χ0n) is 18.7. The number of aromatic nitrogens is 5. The molecule has 0 unspecified atom stereocenters. The highest BCUT2D eigenvalue weighted by molar-refractivity contribution is 6.09. The van der Waals surface area contributed by atoms with Crippen molar-refractivity contribution in [3.8, 4) is 5.75 Å². The standard InChI is InChI=1S/C24H28N6O2/c1-15(2)16-5-7-18(8-6-16)30-14-17-11-21(22(32-3)12-20(17)28-30)27-24(31)19-13-26-29-10-4-9-25-23(19)29/h4,9-16,18H,5-8H2,1-3H3,(H,27,31)/t16-,18-. The molecule has 1 fully saturated rings. The largest absolute Gasteiger partial charge is 0.494 e. The molecule has 1 saturated carbocycles. The summed E-state index contributed by atoms with van der Waals surface area (Å²) < 4.78 is 9.23. The number of carbonyl (C=O) groups is 1. The van der Waals surface area contributed by atoms with Crippen molar-refractivity contribution in [3.63, 3.8) is 0 Å². The average molecular weight is 433 g/mol. The van der Waals surface area contributed by atoms with Gasteiger partial charge in [0.1, 0.15) is 11.3 Å². The fraction of sp³-hybridized carbons (Fsp3) is 0.417. The van der Waals surface area contributed by atoms with Gasteiger partial charge in [0, 0.05) is 30.0 Å². The van der Waals surface area contributed by atoms with Gasteiger partial charge in [0.15, 0.2) is 5.65 Å². The van der Waals surface area contributed by atoms with Gasteiger partial charge < -0.3 is 10.1 Å². The van der Waals surface area contributed by atoms with Gasteiger partial charge in [-0.3, -0.25) is 9.48 Å². The summed E-state index contributed by atoms with van der Waals surface area (Å²) in [7, 11) is 1.60. The van der Waals surface area contributed by atoms with Crippen LogP contribution >= 0.6 is 0 Å². The molecule has 1 N–H and O–H groups in total. The van der Waals surface area contributed by atoms with Crippen molar-refractivity contribution in [2.75, 3.05) is 12.4 Å². The number of hydrogen-bond acceptors (Lipinski definition) is 5. The molecule has 1 aliphatic carbocycles. The number of nitrogens with zero attached hydrogens (tertiary/aromatic N) is 5. The molecule has 3 aromatic heterocycles. The molecule has 32 heavy (non-hydrogen) atoms. The monoisotopic (exact) mass is 432 g/mol. The third kappa shape index (κ3) is 3.70. The minimum absolute atomic E-state index is 0.282. The Morgan fingerprint density at radius 3 is 2.78 bits per heavy atom. The highest BCUT2D eigenvalue weighted by Crippen LogP contribution is 2.37. The first-order chi connectivity index (χ1) is 15.5. The lowest BCUT2D eigenvalue weighted by Gasteiger charge is -2.30. The molecule has 4 aromatic rings. The van der Waals surface area contributed by atoms with Gasteiger partial charge in [0.2, 0.25) is 0 Å². The fourth-order valence-corrected chi connectivity index (χ4v) is 4.74. The van der Waals surface area contributed by atoms with E-state index in [1.54, 1.807) is 30.1 Å². The van der Waals surface area contributed by atoms with Gasteiger partial charge in [0.25, 0.3) is 5.91 Å². The molecule has 1 amide bonds. The zero-order chi connectivity index (χ0) is 22.2. The summed E-state index contributed by atoms with van der Waals surface area (Å²) in [5, 5.41) is 13.0. The normalized spacial score (nSPS) is 19.0. The molecular weight excluding hydrogens is 404 g/mol. The summed E-state index contributed by atoms with van der Waals surface area (Å²) in [5.74, 6) is 1.85. The van der Waals surface area contributed by atoms with Crippen LogP contribution in [-0.2, 0) is 0 Å². The van der Waals surface area contributed by atoms with E-state index in [2.05, 4.69) is 40.1 Å². The average Bonchev–Trinajstić information content (AvgIpc) is 3.42. The number of amides is 1. The number of anilines is 1. The number of ether oxygens (including phenoxy) is 1. The van der Waals surface area contributed by atoms with Crippen molar-refractivity contribution in [2.24, 2.45) is 11.8 Å². The van der Waals surface area contributed by atoms with E-state index in [0.717, 1.165) is 35.6 Å². The molecule has 0 saturated heterocycles. The van der Waals surface area contributed by atoms with Gasteiger partial charge in [-0.05, 0) is 49.7 Å². The van der Waals surface area contributed by atoms with Gasteiger partial charge in [0.05, 0.1) is 30.6 Å². The molecule has 1 aliphatic rings. The topological polar surface area (TPSA) is 86.3 Å². The second-order valence-corrected chi connectivity index (χ2v) is 8.93. The first-order valence-electron chi connectivity index (χ1n) is 11.2. The van der Waals surface area contributed by atoms with Crippen LogP contribution in [0.4, 0.5) is 5.69 Å². The molecule has 0 atom stereocenters. The minimum atomic E-state index is -0.282. The molecule has 166 valence electrons. The lowest BCUT2D eigenvalue weighted by Crippen LogP contribution is -2.21. The molecule has 1 aromatic carbocycles. The summed E-state index contributed by atoms with van der Waals surface area (Å²) in [6.07, 6.45) is 11.8. The molecule has 8 heteroatoms. The number of carbonyl (C=O) groups excluding carboxylic acids is 1. The number of methoxy groups -OCH3 is 1. The van der Waals surface area contributed by atoms with E-state index in [4.69, 9.17) is 9.84 Å². The second kappa shape index (κ2) is 8.26. The van der Waals surface area contributed by atoms with Gasteiger partial charge in [-0.15, -0.1) is 0 Å². The van der Waals surface area contributed by atoms with Crippen LogP contribution in [0.2, 0.25) is 0 Å². The third-order valence-electron chi connectivity index (χ3n) is 6.67. The second-order valence-electron chi connectivity index (χ2n) is 8.93. The maximum absolute atomic E-state index is 13.0. The smallest absolute Gasteiger partial charge is 0.261 e. The molecule has 0 radical (unpaired) electrons. The van der Waals surface area contributed by atoms with Gasteiger partial charge in [-0.2, -0.15) is 10.2 Å². The Morgan fingerprint density at radius 1 is 1.22 bits per heavy atom. The van der Waals surface area contributed by atoms with Gasteiger partial charge in [-0.25, -0.2) is 9.50 Å². The molecule has 8 nitrogen and oxygen atoms in total. The van der Waals surface area contributed by atoms with E-state index >= 15 is 0 Å². The Balaban J connectivity index is 1.40. The van der Waals surface area contributed by atoms with Crippen LogP contribution in [0.15, 0.2) is 43.0 Å². The summed E-state index contributed by atoms with van der Waals surface area (Å²) in [6, 6.07) is 6.00. The van der Waals surface area contributed by atoms with Crippen LogP contribution in [-0.4, -0.2) is 37.4 Å². The molecule has 0 aliphatic heterocycles. The third-order valence-corrected chi connectivity index (χ3v) is 6.67. The van der Waals surface area contributed by atoms with Crippen molar-refractivity contribution in [3.05, 3.63) is 48.5 Å². The van der Waals surface area contributed by atoms with Crippen LogP contribution in [0.3, 0.4) is 0 Å². The zero-order valence-corrected chi connectivity index (χ0v) is 18.7. The number of fused-ring (bicyclic) bond motifs is 2. The first kappa shape index (κ1) is 20.5. The summed E-state index contributed by atoms with van der Waals surface area (Å²) >= 11 is 0. The Kier molecular flexibility index (Phi) is 5.28. The molecule has 0 bridgehead atoms. The highest BCUT2D eigenvalue weighted by Gasteiger charge is 2.25. The lowest BCUT2D eigenvalue weighted by atomic mass is 9.80. The predicted molar refractivity (Wildman–Crippen MR) is 123 cm³/mol. The van der Waals surface area contributed by atoms with E-state index in [-0.39, 0.29) is 5.91 Å². The predicted octanol–water partition coefficient (Wildman–Crippen LogP) is 4.73. The molecular formula is C24H28N6O2. The van der Waals surface area contributed by atoms with Crippen LogP contribution < -0.4 is 10.1 Å². The summed E-state index contributed by atoms with van der Waals surface area (Å²) in [4.78, 5) is 17.2. The van der Waals surface area contributed by atoms with Crippen LogP contribution in [0.5, 0.6) is 5.75 Å². The molecule has 5 rings (SSSR count).